The summed E-state index contributed by atoms with van der Waals surface area (Å²) in [4.78, 5) is 39.6. The summed E-state index contributed by atoms with van der Waals surface area (Å²) in [6.45, 7) is 1.80. The van der Waals surface area contributed by atoms with E-state index in [2.05, 4.69) is 16.1 Å². The van der Waals surface area contributed by atoms with Crippen LogP contribution in [0.5, 0.6) is 0 Å². The number of aliphatic hydroxyl groups is 2. The van der Waals surface area contributed by atoms with Crippen LogP contribution >= 0.6 is 0 Å². The van der Waals surface area contributed by atoms with Crippen molar-refractivity contribution in [2.75, 3.05) is 5.32 Å². The van der Waals surface area contributed by atoms with E-state index in [1.807, 2.05) is 0 Å². The van der Waals surface area contributed by atoms with Crippen molar-refractivity contribution < 1.29 is 34.2 Å². The Morgan fingerprint density at radius 2 is 1.93 bits per heavy atom. The number of aliphatic hydroxyl groups excluding tert-OH is 2. The minimum absolute atomic E-state index is 0.193. The second-order valence-corrected chi connectivity index (χ2v) is 5.98. The maximum absolute atomic E-state index is 11.9. The lowest BCUT2D eigenvalue weighted by atomic mass is 9.96. The average molecular weight is 381 g/mol. The van der Waals surface area contributed by atoms with Gasteiger partial charge in [-0.25, -0.2) is 4.79 Å². The summed E-state index contributed by atoms with van der Waals surface area (Å²) < 4.78 is 5.30. The molecule has 5 N–H and O–H groups in total. The van der Waals surface area contributed by atoms with Crippen molar-refractivity contribution in [3.63, 3.8) is 0 Å². The van der Waals surface area contributed by atoms with Crippen molar-refractivity contribution in [2.24, 2.45) is 0 Å². The van der Waals surface area contributed by atoms with Gasteiger partial charge in [0, 0.05) is 12.1 Å². The van der Waals surface area contributed by atoms with Gasteiger partial charge in [-0.2, -0.15) is 0 Å². The maximum Gasteiger partial charge on any atom is 0.430 e. The SMILES string of the molecule is CCCC(=O)N[C@H]1C(NOC(=O)Nc2ccccc2)O[C@H](C=O)[C@@H](O)[C@@H]1O. The quantitative estimate of drug-likeness (QED) is 0.319. The summed E-state index contributed by atoms with van der Waals surface area (Å²) in [7, 11) is 0. The van der Waals surface area contributed by atoms with Gasteiger partial charge in [0.1, 0.15) is 18.3 Å². The lowest BCUT2D eigenvalue weighted by Gasteiger charge is -2.41. The molecule has 2 rings (SSSR count). The molecule has 5 atom stereocenters. The second-order valence-electron chi connectivity index (χ2n) is 5.98. The Morgan fingerprint density at radius 3 is 2.56 bits per heavy atom. The van der Waals surface area contributed by atoms with Crippen molar-refractivity contribution in [2.45, 2.75) is 50.3 Å². The first-order valence-electron chi connectivity index (χ1n) is 8.51. The Hall–Kier alpha value is -2.53. The number of aldehydes is 1. The molecular weight excluding hydrogens is 358 g/mol. The van der Waals surface area contributed by atoms with Gasteiger partial charge >= 0.3 is 6.09 Å². The standard InChI is InChI=1S/C17H23N3O7/c1-2-6-12(22)19-13-15(24)14(23)11(9-21)26-16(13)20-27-17(25)18-10-7-4-3-5-8-10/h3-5,7-9,11,13-16,20,23-24H,2,6H2,1H3,(H,18,25)(H,19,22)/t11-,13-,14-,15-,16?/m1/s1. The van der Waals surface area contributed by atoms with Crippen molar-refractivity contribution in [3.8, 4) is 0 Å². The molecule has 148 valence electrons. The lowest BCUT2D eigenvalue weighted by molar-refractivity contribution is -0.207. The number of hydroxylamine groups is 1. The van der Waals surface area contributed by atoms with Crippen LogP contribution in [0.2, 0.25) is 0 Å². The Balaban J connectivity index is 2.01. The van der Waals surface area contributed by atoms with Crippen LogP contribution in [0, 0.1) is 0 Å². The van der Waals surface area contributed by atoms with Gasteiger partial charge in [-0.05, 0) is 18.6 Å². The number of anilines is 1. The molecule has 0 saturated carbocycles. The molecule has 1 aliphatic heterocycles. The Labute approximate surface area is 155 Å². The van der Waals surface area contributed by atoms with Crippen LogP contribution in [-0.4, -0.2) is 59.1 Å². The molecule has 0 spiro atoms. The smallest absolute Gasteiger partial charge is 0.388 e. The molecule has 1 saturated heterocycles. The van der Waals surface area contributed by atoms with Gasteiger partial charge < -0.3 is 29.9 Å². The summed E-state index contributed by atoms with van der Waals surface area (Å²) in [5.74, 6) is -0.387. The van der Waals surface area contributed by atoms with Crippen molar-refractivity contribution in [1.29, 1.82) is 0 Å². The third-order valence-electron chi connectivity index (χ3n) is 3.91. The Kier molecular flexibility index (Phi) is 7.67. The Bertz CT molecular complexity index is 643. The molecule has 2 amide bonds. The van der Waals surface area contributed by atoms with E-state index in [9.17, 15) is 24.6 Å². The van der Waals surface area contributed by atoms with Crippen LogP contribution in [-0.2, 0) is 19.2 Å². The largest absolute Gasteiger partial charge is 0.430 e. The van der Waals surface area contributed by atoms with Crippen LogP contribution in [0.3, 0.4) is 0 Å². The number of ether oxygens (including phenoxy) is 1. The fraction of sp³-hybridized carbons (Fsp3) is 0.471. The molecule has 1 aromatic rings. The molecule has 1 fully saturated rings. The molecule has 0 bridgehead atoms. The molecule has 0 aliphatic carbocycles. The molecule has 27 heavy (non-hydrogen) atoms. The highest BCUT2D eigenvalue weighted by Crippen LogP contribution is 2.19. The van der Waals surface area contributed by atoms with Crippen molar-refractivity contribution in [1.82, 2.24) is 10.8 Å². The van der Waals surface area contributed by atoms with E-state index in [-0.39, 0.29) is 12.3 Å². The number of amides is 2. The van der Waals surface area contributed by atoms with Gasteiger partial charge in [-0.3, -0.25) is 10.1 Å². The fourth-order valence-electron chi connectivity index (χ4n) is 2.56. The summed E-state index contributed by atoms with van der Waals surface area (Å²) in [5.41, 5.74) is 2.76. The van der Waals surface area contributed by atoms with Crippen molar-refractivity contribution in [3.05, 3.63) is 30.3 Å². The minimum atomic E-state index is -1.54. The molecule has 1 heterocycles. The van der Waals surface area contributed by atoms with Crippen LogP contribution < -0.4 is 16.1 Å². The molecule has 0 radical (unpaired) electrons. The number of para-hydroxylation sites is 1. The van der Waals surface area contributed by atoms with E-state index in [0.717, 1.165) is 0 Å². The van der Waals surface area contributed by atoms with Gasteiger partial charge in [-0.1, -0.05) is 25.1 Å². The van der Waals surface area contributed by atoms with E-state index in [4.69, 9.17) is 9.57 Å². The normalized spacial score (nSPS) is 27.4. The highest BCUT2D eigenvalue weighted by Gasteiger charge is 2.45. The number of carbonyl (C=O) groups excluding carboxylic acids is 3. The average Bonchev–Trinajstić information content (AvgIpc) is 2.66. The van der Waals surface area contributed by atoms with Gasteiger partial charge in [0.2, 0.25) is 5.91 Å². The number of hydrogen-bond acceptors (Lipinski definition) is 8. The molecule has 1 unspecified atom stereocenters. The van der Waals surface area contributed by atoms with Gasteiger partial charge in [0.15, 0.2) is 12.5 Å². The van der Waals surface area contributed by atoms with E-state index >= 15 is 0 Å². The summed E-state index contributed by atoms with van der Waals surface area (Å²) in [6.07, 6.45) is -5.43. The summed E-state index contributed by atoms with van der Waals surface area (Å²) in [5, 5.41) is 25.1. The predicted molar refractivity (Wildman–Crippen MR) is 93.3 cm³/mol. The van der Waals surface area contributed by atoms with Crippen molar-refractivity contribution >= 4 is 24.0 Å². The minimum Gasteiger partial charge on any atom is -0.388 e. The van der Waals surface area contributed by atoms with Crippen LogP contribution in [0.15, 0.2) is 30.3 Å². The third kappa shape index (κ3) is 5.73. The molecule has 1 aliphatic rings. The van der Waals surface area contributed by atoms with Gasteiger partial charge in [-0.15, -0.1) is 5.48 Å². The maximum atomic E-state index is 11.9. The first-order chi connectivity index (χ1) is 13.0. The third-order valence-corrected chi connectivity index (χ3v) is 3.91. The predicted octanol–water partition coefficient (Wildman–Crippen LogP) is -0.330. The Morgan fingerprint density at radius 1 is 1.22 bits per heavy atom. The molecule has 10 nitrogen and oxygen atoms in total. The number of rotatable bonds is 7. The molecular formula is C17H23N3O7. The molecule has 1 aromatic carbocycles. The number of nitrogens with one attached hydrogen (secondary N) is 3. The summed E-state index contributed by atoms with van der Waals surface area (Å²) in [6, 6.07) is 7.38. The van der Waals surface area contributed by atoms with Crippen LogP contribution in [0.25, 0.3) is 0 Å². The zero-order valence-electron chi connectivity index (χ0n) is 14.7. The first-order valence-corrected chi connectivity index (χ1v) is 8.51. The monoisotopic (exact) mass is 381 g/mol. The highest BCUT2D eigenvalue weighted by atomic mass is 16.7. The summed E-state index contributed by atoms with van der Waals surface area (Å²) >= 11 is 0. The van der Waals surface area contributed by atoms with Crippen LogP contribution in [0.4, 0.5) is 10.5 Å². The molecule has 0 aromatic heterocycles. The lowest BCUT2D eigenvalue weighted by Crippen LogP contribution is -2.67. The van der Waals surface area contributed by atoms with Gasteiger partial charge in [0.05, 0.1) is 6.04 Å². The zero-order valence-corrected chi connectivity index (χ0v) is 14.7. The van der Waals surface area contributed by atoms with Crippen LogP contribution in [0.1, 0.15) is 19.8 Å². The second kappa shape index (κ2) is 9.97. The highest BCUT2D eigenvalue weighted by molar-refractivity contribution is 5.84. The van der Waals surface area contributed by atoms with E-state index in [1.165, 1.54) is 0 Å². The topological polar surface area (TPSA) is 146 Å². The number of hydrogen-bond donors (Lipinski definition) is 5. The zero-order chi connectivity index (χ0) is 19.8. The molecule has 10 heteroatoms. The number of carbonyl (C=O) groups is 3. The van der Waals surface area contributed by atoms with Gasteiger partial charge in [0.25, 0.3) is 0 Å². The van der Waals surface area contributed by atoms with E-state index in [1.54, 1.807) is 37.3 Å². The van der Waals surface area contributed by atoms with E-state index in [0.29, 0.717) is 18.4 Å². The first kappa shape index (κ1) is 20.8. The number of benzene rings is 1. The van der Waals surface area contributed by atoms with E-state index < -0.39 is 36.7 Å². The fourth-order valence-corrected chi connectivity index (χ4v) is 2.56.